The van der Waals surface area contributed by atoms with Crippen LogP contribution in [0.15, 0.2) is 72.8 Å². The standard InChI is InChI=1S/C53H75N5O12/c1-10-64-27-28-65-29-30-66-35-45(67-26-25-54-50(62)70-53(6,7)8)69-41-24-23-39-32-44(48(60)55-43-22-16-20-38-19-14-15-21-42(38)43)58(33-40(39)31-41)49(61)46(52(3,4)5)56-47(59)36(2)57(9)51(63)68-34-37-17-12-11-13-18-37/h11-15,17-19,21,23-24,31,36,43-46H,10,16,20,22,25-30,32-35H2,1-9H3,(H,54,62)(H,55,60)(H,56,59)/t36-,43+,44-,45?,46+/m0/s1. The molecule has 0 radical (unpaired) electrons. The van der Waals surface area contributed by atoms with Crippen LogP contribution in [0.2, 0.25) is 0 Å². The number of rotatable bonds is 23. The molecule has 3 aromatic rings. The first kappa shape index (κ1) is 55.2. The first-order chi connectivity index (χ1) is 33.3. The highest BCUT2D eigenvalue weighted by molar-refractivity contribution is 5.94. The zero-order valence-electron chi connectivity index (χ0n) is 42.5. The maximum atomic E-state index is 15.2. The summed E-state index contributed by atoms with van der Waals surface area (Å²) in [6.45, 7) is 16.8. The van der Waals surface area contributed by atoms with E-state index in [1.807, 2.05) is 88.4 Å². The first-order valence-corrected chi connectivity index (χ1v) is 24.4. The van der Waals surface area contributed by atoms with Gasteiger partial charge in [-0.15, -0.1) is 0 Å². The van der Waals surface area contributed by atoms with Crippen LogP contribution >= 0.6 is 0 Å². The van der Waals surface area contributed by atoms with Gasteiger partial charge in [0.05, 0.1) is 39.1 Å². The lowest BCUT2D eigenvalue weighted by Crippen LogP contribution is -2.62. The second-order valence-corrected chi connectivity index (χ2v) is 19.6. The molecule has 0 fully saturated rings. The fourth-order valence-electron chi connectivity index (χ4n) is 8.09. The molecule has 1 unspecified atom stereocenters. The Balaban J connectivity index is 1.36. The number of alkyl carbamates (subject to hydrolysis) is 1. The molecule has 1 aliphatic carbocycles. The minimum Gasteiger partial charge on any atom is -0.462 e. The minimum atomic E-state index is -1.10. The summed E-state index contributed by atoms with van der Waals surface area (Å²) in [6.07, 6.45) is 0.598. The molecule has 0 saturated heterocycles. The van der Waals surface area contributed by atoms with Crippen molar-refractivity contribution in [2.75, 3.05) is 59.8 Å². The smallest absolute Gasteiger partial charge is 0.410 e. The molecule has 1 aliphatic heterocycles. The van der Waals surface area contributed by atoms with Gasteiger partial charge in [0.25, 0.3) is 0 Å². The van der Waals surface area contributed by atoms with Crippen LogP contribution in [0.5, 0.6) is 5.75 Å². The second kappa shape index (κ2) is 26.5. The molecule has 3 N–H and O–H groups in total. The quantitative estimate of drug-likeness (QED) is 0.0680. The van der Waals surface area contributed by atoms with Gasteiger partial charge in [0.1, 0.15) is 42.7 Å². The van der Waals surface area contributed by atoms with Crippen LogP contribution in [0.4, 0.5) is 9.59 Å². The van der Waals surface area contributed by atoms with Crippen LogP contribution in [0, 0.1) is 5.41 Å². The molecule has 17 nitrogen and oxygen atoms in total. The van der Waals surface area contributed by atoms with Crippen LogP contribution < -0.4 is 20.7 Å². The van der Waals surface area contributed by atoms with E-state index >= 15 is 4.79 Å². The Morgan fingerprint density at radius 3 is 2.24 bits per heavy atom. The molecule has 0 saturated carbocycles. The van der Waals surface area contributed by atoms with E-state index in [2.05, 4.69) is 22.0 Å². The third-order valence-corrected chi connectivity index (χ3v) is 12.0. The first-order valence-electron chi connectivity index (χ1n) is 24.4. The molecule has 384 valence electrons. The molecular weight excluding hydrogens is 899 g/mol. The number of ether oxygens (including phenoxy) is 7. The molecule has 5 amide bonds. The van der Waals surface area contributed by atoms with E-state index in [-0.39, 0.29) is 57.9 Å². The number of carbonyl (C=O) groups is 5. The third kappa shape index (κ3) is 17.0. The van der Waals surface area contributed by atoms with Gasteiger partial charge in [-0.3, -0.25) is 19.3 Å². The molecule has 5 atom stereocenters. The van der Waals surface area contributed by atoms with Crippen molar-refractivity contribution >= 4 is 29.9 Å². The number of benzene rings is 3. The molecule has 5 rings (SSSR count). The van der Waals surface area contributed by atoms with Crippen LogP contribution in [0.1, 0.15) is 102 Å². The van der Waals surface area contributed by atoms with Crippen molar-refractivity contribution in [3.63, 3.8) is 0 Å². The van der Waals surface area contributed by atoms with Crippen LogP contribution in [0.3, 0.4) is 0 Å². The van der Waals surface area contributed by atoms with Crippen LogP contribution in [0.25, 0.3) is 0 Å². The SMILES string of the molecule is CCOCCOCCOCC(OCCNC(=O)OC(C)(C)C)Oc1ccc2c(c1)CN(C(=O)[C@@H](NC(=O)[C@H](C)N(C)C(=O)OCc1ccccc1)C(C)(C)C)[C@H](C(=O)N[C@@H]1CCCc3ccccc31)C2. The Morgan fingerprint density at radius 2 is 1.53 bits per heavy atom. The highest BCUT2D eigenvalue weighted by Gasteiger charge is 2.43. The van der Waals surface area contributed by atoms with Crippen molar-refractivity contribution < 1.29 is 57.1 Å². The van der Waals surface area contributed by atoms with Crippen molar-refractivity contribution in [2.45, 2.75) is 130 Å². The third-order valence-electron chi connectivity index (χ3n) is 12.0. The molecule has 2 aliphatic rings. The molecule has 70 heavy (non-hydrogen) atoms. The highest BCUT2D eigenvalue weighted by atomic mass is 16.7. The summed E-state index contributed by atoms with van der Waals surface area (Å²) in [6, 6.07) is 19.5. The van der Waals surface area contributed by atoms with E-state index < -0.39 is 59.4 Å². The number of carbonyl (C=O) groups excluding carboxylic acids is 5. The van der Waals surface area contributed by atoms with Gasteiger partial charge in [-0.1, -0.05) is 81.4 Å². The minimum absolute atomic E-state index is 0.0232. The van der Waals surface area contributed by atoms with Gasteiger partial charge in [-0.2, -0.15) is 0 Å². The zero-order valence-corrected chi connectivity index (χ0v) is 42.5. The molecular formula is C53H75N5O12. The maximum absolute atomic E-state index is 15.2. The summed E-state index contributed by atoms with van der Waals surface area (Å²) >= 11 is 0. The molecule has 1 heterocycles. The van der Waals surface area contributed by atoms with E-state index in [9.17, 15) is 19.2 Å². The van der Waals surface area contributed by atoms with Gasteiger partial charge in [-0.25, -0.2) is 9.59 Å². The Hall–Kier alpha value is -5.75. The van der Waals surface area contributed by atoms with E-state index in [4.69, 9.17) is 33.2 Å². The number of hydrogen-bond donors (Lipinski definition) is 3. The Kier molecular flexibility index (Phi) is 20.9. The number of aryl methyl sites for hydroxylation is 1. The van der Waals surface area contributed by atoms with E-state index in [1.165, 1.54) is 17.5 Å². The average Bonchev–Trinajstić information content (AvgIpc) is 3.32. The van der Waals surface area contributed by atoms with Crippen LogP contribution in [-0.4, -0.2) is 130 Å². The molecule has 0 bridgehead atoms. The summed E-state index contributed by atoms with van der Waals surface area (Å²) < 4.78 is 40.1. The van der Waals surface area contributed by atoms with Gasteiger partial charge >= 0.3 is 12.2 Å². The second-order valence-electron chi connectivity index (χ2n) is 19.6. The topological polar surface area (TPSA) is 193 Å². The molecule has 0 spiro atoms. The molecule has 17 heteroatoms. The summed E-state index contributed by atoms with van der Waals surface area (Å²) in [7, 11) is 1.47. The number of fused-ring (bicyclic) bond motifs is 2. The van der Waals surface area contributed by atoms with Gasteiger partial charge in [0.15, 0.2) is 0 Å². The summed E-state index contributed by atoms with van der Waals surface area (Å²) in [5.74, 6) is -0.904. The largest absolute Gasteiger partial charge is 0.462 e. The Labute approximate surface area is 413 Å². The van der Waals surface area contributed by atoms with Gasteiger partial charge < -0.3 is 54.0 Å². The Bertz CT molecular complexity index is 2180. The number of nitrogens with zero attached hydrogens (tertiary/aromatic N) is 2. The fourth-order valence-corrected chi connectivity index (χ4v) is 8.09. The Morgan fingerprint density at radius 1 is 0.829 bits per heavy atom. The van der Waals surface area contributed by atoms with Gasteiger partial charge in [0.2, 0.25) is 24.0 Å². The maximum Gasteiger partial charge on any atom is 0.410 e. The average molecular weight is 974 g/mol. The lowest BCUT2D eigenvalue weighted by Gasteiger charge is -2.42. The molecule has 0 aromatic heterocycles. The van der Waals surface area contributed by atoms with Crippen molar-refractivity contribution in [3.05, 3.63) is 101 Å². The van der Waals surface area contributed by atoms with Crippen molar-refractivity contribution in [1.29, 1.82) is 0 Å². The fraction of sp³-hybridized carbons (Fsp3) is 0.566. The normalized spacial score (nSPS) is 16.9. The van der Waals surface area contributed by atoms with Crippen molar-refractivity contribution in [1.82, 2.24) is 25.8 Å². The lowest BCUT2D eigenvalue weighted by molar-refractivity contribution is -0.147. The zero-order chi connectivity index (χ0) is 50.8. The predicted molar refractivity (Wildman–Crippen MR) is 263 cm³/mol. The van der Waals surface area contributed by atoms with Crippen molar-refractivity contribution in [3.8, 4) is 5.75 Å². The number of amides is 5. The van der Waals surface area contributed by atoms with Gasteiger partial charge in [0, 0.05) is 33.2 Å². The van der Waals surface area contributed by atoms with E-state index in [0.717, 1.165) is 41.5 Å². The number of likely N-dealkylation sites (N-methyl/N-ethyl adjacent to an activating group) is 1. The number of hydrogen-bond acceptors (Lipinski definition) is 12. The monoisotopic (exact) mass is 974 g/mol. The van der Waals surface area contributed by atoms with Crippen LogP contribution in [-0.2, 0) is 68.8 Å². The highest BCUT2D eigenvalue weighted by Crippen LogP contribution is 2.33. The molecule has 3 aromatic carbocycles. The van der Waals surface area contributed by atoms with E-state index in [0.29, 0.717) is 32.2 Å². The number of nitrogens with one attached hydrogen (secondary N) is 3. The van der Waals surface area contributed by atoms with Gasteiger partial charge in [-0.05, 0) is 99.2 Å². The summed E-state index contributed by atoms with van der Waals surface area (Å²) in [5.41, 5.74) is 3.14. The summed E-state index contributed by atoms with van der Waals surface area (Å²) in [5, 5.41) is 8.92. The van der Waals surface area contributed by atoms with E-state index in [1.54, 1.807) is 38.7 Å². The predicted octanol–water partition coefficient (Wildman–Crippen LogP) is 6.64. The van der Waals surface area contributed by atoms with Crippen molar-refractivity contribution in [2.24, 2.45) is 5.41 Å². The summed E-state index contributed by atoms with van der Waals surface area (Å²) in [4.78, 5) is 71.9. The lowest BCUT2D eigenvalue weighted by atomic mass is 9.83.